The van der Waals surface area contributed by atoms with Gasteiger partial charge in [0.15, 0.2) is 11.5 Å². The number of amides is 1. The first-order valence-electron chi connectivity index (χ1n) is 8.51. The van der Waals surface area contributed by atoms with Gasteiger partial charge in [0.1, 0.15) is 12.7 Å². The maximum Gasteiger partial charge on any atom is 0.251 e. The summed E-state index contributed by atoms with van der Waals surface area (Å²) in [6.07, 6.45) is 3.45. The summed E-state index contributed by atoms with van der Waals surface area (Å²) in [6.45, 7) is 1.49. The molecule has 0 aliphatic carbocycles. The predicted molar refractivity (Wildman–Crippen MR) is 96.5 cm³/mol. The van der Waals surface area contributed by atoms with Crippen LogP contribution in [-0.4, -0.2) is 34.9 Å². The lowest BCUT2D eigenvalue weighted by Crippen LogP contribution is -2.40. The number of para-hydroxylation sites is 2. The zero-order valence-corrected chi connectivity index (χ0v) is 14.2. The predicted octanol–water partition coefficient (Wildman–Crippen LogP) is 2.50. The Kier molecular flexibility index (Phi) is 4.55. The van der Waals surface area contributed by atoms with E-state index in [0.717, 1.165) is 11.3 Å². The van der Waals surface area contributed by atoms with E-state index in [9.17, 15) is 4.79 Å². The van der Waals surface area contributed by atoms with E-state index >= 15 is 0 Å². The maximum atomic E-state index is 12.3. The van der Waals surface area contributed by atoms with Crippen molar-refractivity contribution in [2.45, 2.75) is 12.6 Å². The van der Waals surface area contributed by atoms with Gasteiger partial charge in [-0.2, -0.15) is 5.10 Å². The van der Waals surface area contributed by atoms with E-state index in [1.807, 2.05) is 65.5 Å². The third-order valence-electron chi connectivity index (χ3n) is 4.18. The number of fused-ring (bicyclic) bond motifs is 1. The lowest BCUT2D eigenvalue weighted by Gasteiger charge is -2.26. The van der Waals surface area contributed by atoms with Gasteiger partial charge in [0.05, 0.1) is 13.1 Å². The van der Waals surface area contributed by atoms with E-state index in [4.69, 9.17) is 9.47 Å². The van der Waals surface area contributed by atoms with Gasteiger partial charge >= 0.3 is 0 Å². The summed E-state index contributed by atoms with van der Waals surface area (Å²) in [5.74, 6) is 1.32. The number of aromatic nitrogens is 2. The fourth-order valence-electron chi connectivity index (χ4n) is 2.81. The molecule has 1 unspecified atom stereocenters. The quantitative estimate of drug-likeness (QED) is 0.769. The number of ether oxygens (including phenoxy) is 2. The Hall–Kier alpha value is -3.28. The Morgan fingerprint density at radius 2 is 1.92 bits per heavy atom. The summed E-state index contributed by atoms with van der Waals surface area (Å²) in [7, 11) is 0. The van der Waals surface area contributed by atoms with Crippen molar-refractivity contribution in [2.75, 3.05) is 13.2 Å². The molecule has 1 aliphatic rings. The highest BCUT2D eigenvalue weighted by Gasteiger charge is 2.21. The Morgan fingerprint density at radius 1 is 1.12 bits per heavy atom. The second kappa shape index (κ2) is 7.31. The summed E-state index contributed by atoms with van der Waals surface area (Å²) < 4.78 is 13.3. The molecular weight excluding hydrogens is 330 g/mol. The monoisotopic (exact) mass is 349 g/mol. The summed E-state index contributed by atoms with van der Waals surface area (Å²) in [4.78, 5) is 12.3. The molecule has 0 saturated heterocycles. The minimum absolute atomic E-state index is 0.127. The topological polar surface area (TPSA) is 65.4 Å². The fraction of sp³-hybridized carbons (Fsp3) is 0.200. The molecule has 0 spiro atoms. The van der Waals surface area contributed by atoms with Crippen LogP contribution in [0.15, 0.2) is 67.0 Å². The minimum Gasteiger partial charge on any atom is -0.486 e. The lowest BCUT2D eigenvalue weighted by atomic mass is 10.1. The molecule has 1 amide bonds. The summed E-state index contributed by atoms with van der Waals surface area (Å²) in [5.41, 5.74) is 1.71. The van der Waals surface area contributed by atoms with Crippen molar-refractivity contribution in [1.82, 2.24) is 15.1 Å². The molecule has 0 radical (unpaired) electrons. The average molecular weight is 349 g/mol. The van der Waals surface area contributed by atoms with Crippen molar-refractivity contribution in [2.24, 2.45) is 0 Å². The molecule has 2 heterocycles. The van der Waals surface area contributed by atoms with Gasteiger partial charge in [-0.15, -0.1) is 0 Å². The number of carbonyl (C=O) groups excluding carboxylic acids is 1. The van der Waals surface area contributed by atoms with E-state index in [2.05, 4.69) is 10.4 Å². The van der Waals surface area contributed by atoms with Gasteiger partial charge in [-0.25, -0.2) is 0 Å². The van der Waals surface area contributed by atoms with Gasteiger partial charge in [0.2, 0.25) is 0 Å². The smallest absolute Gasteiger partial charge is 0.251 e. The Balaban J connectivity index is 1.31. The van der Waals surface area contributed by atoms with Gasteiger partial charge in [0.25, 0.3) is 5.91 Å². The molecule has 2 aromatic carbocycles. The number of nitrogens with one attached hydrogen (secondary N) is 1. The van der Waals surface area contributed by atoms with E-state index in [1.165, 1.54) is 0 Å². The molecule has 6 nitrogen and oxygen atoms in total. The molecule has 1 aromatic heterocycles. The molecule has 1 atom stereocenters. The standard InChI is InChI=1S/C20H19N3O3/c24-20(16-8-6-15(7-9-16)13-23-11-3-10-22-23)21-12-17-14-25-18-4-1-2-5-19(18)26-17/h1-11,17H,12-14H2,(H,21,24). The SMILES string of the molecule is O=C(NCC1COc2ccccc2O1)c1ccc(Cn2cccn2)cc1. The second-order valence-electron chi connectivity index (χ2n) is 6.11. The minimum atomic E-state index is -0.201. The summed E-state index contributed by atoms with van der Waals surface area (Å²) >= 11 is 0. The van der Waals surface area contributed by atoms with Gasteiger partial charge in [-0.1, -0.05) is 24.3 Å². The number of benzene rings is 2. The van der Waals surface area contributed by atoms with Gasteiger partial charge in [-0.3, -0.25) is 9.48 Å². The van der Waals surface area contributed by atoms with Crippen molar-refractivity contribution < 1.29 is 14.3 Å². The van der Waals surface area contributed by atoms with Crippen molar-refractivity contribution in [1.29, 1.82) is 0 Å². The zero-order chi connectivity index (χ0) is 17.8. The van der Waals surface area contributed by atoms with Crippen LogP contribution in [0.3, 0.4) is 0 Å². The molecular formula is C20H19N3O3. The van der Waals surface area contributed by atoms with Crippen LogP contribution in [0, 0.1) is 0 Å². The third kappa shape index (κ3) is 3.69. The van der Waals surface area contributed by atoms with Crippen LogP contribution < -0.4 is 14.8 Å². The second-order valence-corrected chi connectivity index (χ2v) is 6.11. The van der Waals surface area contributed by atoms with Crippen LogP contribution in [0.4, 0.5) is 0 Å². The Bertz CT molecular complexity index is 876. The van der Waals surface area contributed by atoms with Crippen molar-refractivity contribution >= 4 is 5.91 Å². The number of carbonyl (C=O) groups is 1. The van der Waals surface area contributed by atoms with Gasteiger partial charge in [-0.05, 0) is 35.9 Å². The number of rotatable bonds is 5. The van der Waals surface area contributed by atoms with Crippen molar-refractivity contribution in [3.05, 3.63) is 78.1 Å². The molecule has 3 aromatic rings. The first-order chi connectivity index (χ1) is 12.8. The van der Waals surface area contributed by atoms with Crippen LogP contribution in [-0.2, 0) is 6.54 Å². The molecule has 26 heavy (non-hydrogen) atoms. The molecule has 1 aliphatic heterocycles. The molecule has 1 N–H and O–H groups in total. The van der Waals surface area contributed by atoms with Gasteiger partial charge in [0, 0.05) is 18.0 Å². The van der Waals surface area contributed by atoms with Crippen LogP contribution in [0.25, 0.3) is 0 Å². The Morgan fingerprint density at radius 3 is 2.69 bits per heavy atom. The van der Waals surface area contributed by atoms with Crippen LogP contribution in [0.1, 0.15) is 15.9 Å². The fourth-order valence-corrected chi connectivity index (χ4v) is 2.81. The van der Waals surface area contributed by atoms with E-state index < -0.39 is 0 Å². The number of hydrogen-bond donors (Lipinski definition) is 1. The van der Waals surface area contributed by atoms with E-state index in [-0.39, 0.29) is 12.0 Å². The Labute approximate surface area is 151 Å². The first kappa shape index (κ1) is 16.2. The van der Waals surface area contributed by atoms with E-state index in [1.54, 1.807) is 6.20 Å². The molecule has 6 heteroatoms. The molecule has 132 valence electrons. The van der Waals surface area contributed by atoms with Crippen molar-refractivity contribution in [3.8, 4) is 11.5 Å². The highest BCUT2D eigenvalue weighted by molar-refractivity contribution is 5.94. The molecule has 0 fully saturated rings. The van der Waals surface area contributed by atoms with Crippen molar-refractivity contribution in [3.63, 3.8) is 0 Å². The zero-order valence-electron chi connectivity index (χ0n) is 14.2. The van der Waals surface area contributed by atoms with Crippen LogP contribution in [0.2, 0.25) is 0 Å². The number of hydrogen-bond acceptors (Lipinski definition) is 4. The highest BCUT2D eigenvalue weighted by Crippen LogP contribution is 2.30. The van der Waals surface area contributed by atoms with Crippen LogP contribution >= 0.6 is 0 Å². The maximum absolute atomic E-state index is 12.3. The first-order valence-corrected chi connectivity index (χ1v) is 8.51. The summed E-state index contributed by atoms with van der Waals surface area (Å²) in [5, 5.41) is 7.08. The average Bonchev–Trinajstić information content (AvgIpc) is 3.19. The molecule has 4 rings (SSSR count). The number of nitrogens with zero attached hydrogens (tertiary/aromatic N) is 2. The lowest BCUT2D eigenvalue weighted by molar-refractivity contribution is 0.0789. The largest absolute Gasteiger partial charge is 0.486 e. The van der Waals surface area contributed by atoms with Gasteiger partial charge < -0.3 is 14.8 Å². The third-order valence-corrected chi connectivity index (χ3v) is 4.18. The summed E-state index contributed by atoms with van der Waals surface area (Å²) in [6, 6.07) is 16.9. The highest BCUT2D eigenvalue weighted by atomic mass is 16.6. The molecule has 0 bridgehead atoms. The van der Waals surface area contributed by atoms with Crippen LogP contribution in [0.5, 0.6) is 11.5 Å². The molecule has 0 saturated carbocycles. The van der Waals surface area contributed by atoms with E-state index in [0.29, 0.717) is 31.0 Å². The normalized spacial score (nSPS) is 15.5.